The molecule has 4 nitrogen and oxygen atoms in total. The predicted octanol–water partition coefficient (Wildman–Crippen LogP) is 2.62. The number of fused-ring (bicyclic) bond motifs is 1. The molecule has 0 atom stereocenters. The molecule has 1 N–H and O–H groups in total. The lowest BCUT2D eigenvalue weighted by Gasteiger charge is -2.19. The fraction of sp³-hybridized carbons (Fsp3) is 0.333. The second-order valence-corrected chi connectivity index (χ2v) is 4.70. The van der Waals surface area contributed by atoms with E-state index < -0.39 is 0 Å². The second-order valence-electron chi connectivity index (χ2n) is 4.70. The molecule has 20 heavy (non-hydrogen) atoms. The average Bonchev–Trinajstić information content (AvgIpc) is 2.48. The molecule has 0 fully saturated rings. The molecular weight excluding hydrogens is 257 g/mol. The van der Waals surface area contributed by atoms with E-state index in [2.05, 4.69) is 15.3 Å². The van der Waals surface area contributed by atoms with E-state index in [1.54, 1.807) is 12.1 Å². The summed E-state index contributed by atoms with van der Waals surface area (Å²) in [4.78, 5) is 8.46. The second kappa shape index (κ2) is 5.54. The van der Waals surface area contributed by atoms with Crippen LogP contribution in [-0.4, -0.2) is 16.5 Å². The molecule has 0 bridgehead atoms. The molecule has 0 aliphatic carbocycles. The predicted molar refractivity (Wildman–Crippen MR) is 73.3 cm³/mol. The third-order valence-electron chi connectivity index (χ3n) is 3.48. The van der Waals surface area contributed by atoms with Gasteiger partial charge in [0.15, 0.2) is 0 Å². The highest BCUT2D eigenvalue weighted by Crippen LogP contribution is 2.30. The molecule has 0 unspecified atom stereocenters. The number of rotatable bonds is 3. The summed E-state index contributed by atoms with van der Waals surface area (Å²) in [6, 6.07) is 4.88. The summed E-state index contributed by atoms with van der Waals surface area (Å²) in [5, 5.41) is 3.26. The summed E-state index contributed by atoms with van der Waals surface area (Å²) in [7, 11) is 0. The van der Waals surface area contributed by atoms with Crippen LogP contribution in [0.3, 0.4) is 0 Å². The Morgan fingerprint density at radius 3 is 3.10 bits per heavy atom. The Kier molecular flexibility index (Phi) is 3.60. The average molecular weight is 273 g/mol. The van der Waals surface area contributed by atoms with Gasteiger partial charge < -0.3 is 10.1 Å². The first kappa shape index (κ1) is 13.0. The smallest absolute Gasteiger partial charge is 0.225 e. The van der Waals surface area contributed by atoms with Gasteiger partial charge in [0.25, 0.3) is 0 Å². The van der Waals surface area contributed by atoms with Crippen LogP contribution in [0.4, 0.5) is 4.39 Å². The van der Waals surface area contributed by atoms with Gasteiger partial charge in [-0.05, 0) is 31.5 Å². The maximum Gasteiger partial charge on any atom is 0.225 e. The van der Waals surface area contributed by atoms with Gasteiger partial charge in [0.2, 0.25) is 5.88 Å². The molecule has 1 aromatic carbocycles. The molecule has 0 saturated heterocycles. The highest BCUT2D eigenvalue weighted by atomic mass is 19.1. The van der Waals surface area contributed by atoms with Crippen molar-refractivity contribution in [1.29, 1.82) is 0 Å². The topological polar surface area (TPSA) is 47.0 Å². The maximum absolute atomic E-state index is 13.8. The molecule has 2 heterocycles. The van der Waals surface area contributed by atoms with Crippen molar-refractivity contribution in [3.8, 4) is 11.6 Å². The summed E-state index contributed by atoms with van der Waals surface area (Å²) >= 11 is 0. The van der Waals surface area contributed by atoms with Crippen LogP contribution in [0.2, 0.25) is 0 Å². The SMILES string of the molecule is CCc1c(F)cccc1Oc1ncnc2c1CCNC2. The Morgan fingerprint density at radius 2 is 2.25 bits per heavy atom. The van der Waals surface area contributed by atoms with Gasteiger partial charge in [-0.2, -0.15) is 0 Å². The summed E-state index contributed by atoms with van der Waals surface area (Å²) in [6.45, 7) is 3.50. The van der Waals surface area contributed by atoms with E-state index in [4.69, 9.17) is 4.74 Å². The molecule has 0 spiro atoms. The Bertz CT molecular complexity index is 631. The van der Waals surface area contributed by atoms with Gasteiger partial charge in [0.1, 0.15) is 17.9 Å². The molecule has 3 rings (SSSR count). The van der Waals surface area contributed by atoms with Gasteiger partial charge >= 0.3 is 0 Å². The third kappa shape index (κ3) is 2.36. The van der Waals surface area contributed by atoms with E-state index in [9.17, 15) is 4.39 Å². The molecule has 1 aromatic heterocycles. The Labute approximate surface area is 117 Å². The van der Waals surface area contributed by atoms with Gasteiger partial charge in [-0.15, -0.1) is 0 Å². The van der Waals surface area contributed by atoms with Gasteiger partial charge in [-0.25, -0.2) is 14.4 Å². The van der Waals surface area contributed by atoms with Crippen LogP contribution >= 0.6 is 0 Å². The normalized spacial score (nSPS) is 13.9. The van der Waals surface area contributed by atoms with E-state index >= 15 is 0 Å². The summed E-state index contributed by atoms with van der Waals surface area (Å²) in [5.41, 5.74) is 2.54. The molecule has 0 amide bonds. The fourth-order valence-corrected chi connectivity index (χ4v) is 2.42. The van der Waals surface area contributed by atoms with E-state index in [1.165, 1.54) is 12.4 Å². The molecule has 5 heteroatoms. The van der Waals surface area contributed by atoms with E-state index in [0.29, 0.717) is 23.6 Å². The van der Waals surface area contributed by atoms with Gasteiger partial charge in [0.05, 0.1) is 5.69 Å². The van der Waals surface area contributed by atoms with Crippen LogP contribution in [0.5, 0.6) is 11.6 Å². The van der Waals surface area contributed by atoms with E-state index in [0.717, 1.165) is 30.8 Å². The molecule has 2 aromatic rings. The number of ether oxygens (including phenoxy) is 1. The summed E-state index contributed by atoms with van der Waals surface area (Å²) < 4.78 is 19.6. The van der Waals surface area contributed by atoms with Gasteiger partial charge in [-0.1, -0.05) is 13.0 Å². The number of benzene rings is 1. The van der Waals surface area contributed by atoms with Crippen LogP contribution in [0, 0.1) is 5.82 Å². The zero-order chi connectivity index (χ0) is 13.9. The van der Waals surface area contributed by atoms with Crippen molar-refractivity contribution >= 4 is 0 Å². The van der Waals surface area contributed by atoms with Crippen LogP contribution < -0.4 is 10.1 Å². The number of aromatic nitrogens is 2. The number of halogens is 1. The Hall–Kier alpha value is -2.01. The van der Waals surface area contributed by atoms with Crippen molar-refractivity contribution in [1.82, 2.24) is 15.3 Å². The highest BCUT2D eigenvalue weighted by Gasteiger charge is 2.18. The van der Waals surface area contributed by atoms with Crippen LogP contribution in [0.15, 0.2) is 24.5 Å². The lowest BCUT2D eigenvalue weighted by molar-refractivity contribution is 0.435. The molecule has 0 radical (unpaired) electrons. The Morgan fingerprint density at radius 1 is 1.35 bits per heavy atom. The Balaban J connectivity index is 1.98. The summed E-state index contributed by atoms with van der Waals surface area (Å²) in [6.07, 6.45) is 2.89. The monoisotopic (exact) mass is 273 g/mol. The van der Waals surface area contributed by atoms with Crippen LogP contribution in [0.1, 0.15) is 23.7 Å². The zero-order valence-electron chi connectivity index (χ0n) is 11.3. The third-order valence-corrected chi connectivity index (χ3v) is 3.48. The minimum Gasteiger partial charge on any atom is -0.438 e. The summed E-state index contributed by atoms with van der Waals surface area (Å²) in [5.74, 6) is 0.832. The first-order chi connectivity index (χ1) is 9.79. The maximum atomic E-state index is 13.8. The van der Waals surface area contributed by atoms with Gasteiger partial charge in [0, 0.05) is 17.7 Å². The fourth-order valence-electron chi connectivity index (χ4n) is 2.42. The van der Waals surface area contributed by atoms with Crippen molar-refractivity contribution in [3.05, 3.63) is 47.2 Å². The molecule has 104 valence electrons. The number of hydrogen-bond donors (Lipinski definition) is 1. The molecular formula is C15H16FN3O. The molecule has 1 aliphatic heterocycles. The lowest BCUT2D eigenvalue weighted by Crippen LogP contribution is -2.25. The van der Waals surface area contributed by atoms with E-state index in [-0.39, 0.29) is 5.82 Å². The van der Waals surface area contributed by atoms with Crippen molar-refractivity contribution < 1.29 is 9.13 Å². The quantitative estimate of drug-likeness (QED) is 0.934. The molecule has 0 saturated carbocycles. The minimum atomic E-state index is -0.241. The van der Waals surface area contributed by atoms with Crippen LogP contribution in [0.25, 0.3) is 0 Å². The van der Waals surface area contributed by atoms with Crippen molar-refractivity contribution in [3.63, 3.8) is 0 Å². The number of nitrogens with zero attached hydrogens (tertiary/aromatic N) is 2. The lowest BCUT2D eigenvalue weighted by atomic mass is 10.1. The number of nitrogens with one attached hydrogen (secondary N) is 1. The van der Waals surface area contributed by atoms with Crippen LogP contribution in [-0.2, 0) is 19.4 Å². The largest absolute Gasteiger partial charge is 0.438 e. The van der Waals surface area contributed by atoms with E-state index in [1.807, 2.05) is 6.92 Å². The van der Waals surface area contributed by atoms with Crippen molar-refractivity contribution in [2.45, 2.75) is 26.3 Å². The van der Waals surface area contributed by atoms with Crippen molar-refractivity contribution in [2.24, 2.45) is 0 Å². The first-order valence-electron chi connectivity index (χ1n) is 6.78. The van der Waals surface area contributed by atoms with Gasteiger partial charge in [-0.3, -0.25) is 0 Å². The minimum absolute atomic E-state index is 0.241. The zero-order valence-corrected chi connectivity index (χ0v) is 11.3. The standard InChI is InChI=1S/C15H16FN3O/c1-2-10-12(16)4-3-5-14(10)20-15-11-6-7-17-8-13(11)18-9-19-15/h3-5,9,17H,2,6-8H2,1H3. The molecule has 1 aliphatic rings. The highest BCUT2D eigenvalue weighted by molar-refractivity contribution is 5.40. The van der Waals surface area contributed by atoms with Crippen molar-refractivity contribution in [2.75, 3.05) is 6.54 Å². The first-order valence-corrected chi connectivity index (χ1v) is 6.78. The number of hydrogen-bond acceptors (Lipinski definition) is 4.